The molecule has 2 aromatic carbocycles. The number of nitrogens with zero attached hydrogens (tertiary/aromatic N) is 1. The molecule has 1 atom stereocenters. The molecule has 6 nitrogen and oxygen atoms in total. The molecule has 148 valence electrons. The van der Waals surface area contributed by atoms with E-state index in [4.69, 9.17) is 4.74 Å². The Morgan fingerprint density at radius 1 is 1.04 bits per heavy atom. The van der Waals surface area contributed by atoms with Crippen LogP contribution in [-0.4, -0.2) is 49.6 Å². The van der Waals surface area contributed by atoms with Crippen LogP contribution in [-0.2, 0) is 9.53 Å². The lowest BCUT2D eigenvalue weighted by Gasteiger charge is -2.26. The lowest BCUT2D eigenvalue weighted by molar-refractivity contribution is -0.120. The predicted molar refractivity (Wildman–Crippen MR) is 109 cm³/mol. The lowest BCUT2D eigenvalue weighted by atomic mass is 10.0. The van der Waals surface area contributed by atoms with E-state index in [1.54, 1.807) is 17.0 Å². The molecule has 0 saturated carbocycles. The molecular weight excluding hydrogens is 354 g/mol. The molecule has 1 aliphatic rings. The van der Waals surface area contributed by atoms with E-state index in [1.165, 1.54) is 0 Å². The van der Waals surface area contributed by atoms with Crippen LogP contribution in [0.1, 0.15) is 35.3 Å². The Morgan fingerprint density at radius 2 is 1.71 bits per heavy atom. The number of carbonyl (C=O) groups excluding carboxylic acids is 2. The standard InChI is InChI=1S/C22H27N3O3/c1-2-20(17-6-4-3-5-7-17)24-21(26)16-23-19-10-8-18(9-11-19)22(27)25-12-14-28-15-13-25/h3-11,20,23H,2,12-16H2,1H3,(H,24,26). The second kappa shape index (κ2) is 9.90. The molecule has 2 amide bonds. The first-order valence-electron chi connectivity index (χ1n) is 9.72. The smallest absolute Gasteiger partial charge is 0.254 e. The van der Waals surface area contributed by atoms with Crippen LogP contribution in [0.25, 0.3) is 0 Å². The van der Waals surface area contributed by atoms with Gasteiger partial charge in [-0.25, -0.2) is 0 Å². The van der Waals surface area contributed by atoms with Crippen LogP contribution >= 0.6 is 0 Å². The Bertz CT molecular complexity index is 771. The van der Waals surface area contributed by atoms with Gasteiger partial charge in [-0.2, -0.15) is 0 Å². The van der Waals surface area contributed by atoms with E-state index in [2.05, 4.69) is 17.6 Å². The summed E-state index contributed by atoms with van der Waals surface area (Å²) in [6.45, 7) is 4.65. The Labute approximate surface area is 165 Å². The summed E-state index contributed by atoms with van der Waals surface area (Å²) in [5.41, 5.74) is 2.55. The molecule has 6 heteroatoms. The molecule has 0 radical (unpaired) electrons. The van der Waals surface area contributed by atoms with Crippen LogP contribution < -0.4 is 10.6 Å². The first kappa shape index (κ1) is 19.9. The van der Waals surface area contributed by atoms with E-state index in [-0.39, 0.29) is 24.4 Å². The number of hydrogen-bond acceptors (Lipinski definition) is 4. The first-order chi connectivity index (χ1) is 13.7. The highest BCUT2D eigenvalue weighted by atomic mass is 16.5. The Morgan fingerprint density at radius 3 is 2.36 bits per heavy atom. The number of amides is 2. The predicted octanol–water partition coefficient (Wildman–Crippen LogP) is 2.84. The van der Waals surface area contributed by atoms with E-state index in [0.29, 0.717) is 31.9 Å². The summed E-state index contributed by atoms with van der Waals surface area (Å²) < 4.78 is 5.28. The Hall–Kier alpha value is -2.86. The minimum atomic E-state index is -0.0656. The van der Waals surface area contributed by atoms with Gasteiger partial charge in [0, 0.05) is 24.3 Å². The molecule has 1 unspecified atom stereocenters. The van der Waals surface area contributed by atoms with Crippen LogP contribution in [0.15, 0.2) is 54.6 Å². The van der Waals surface area contributed by atoms with Crippen molar-refractivity contribution in [2.75, 3.05) is 38.2 Å². The van der Waals surface area contributed by atoms with E-state index in [1.807, 2.05) is 42.5 Å². The minimum Gasteiger partial charge on any atom is -0.378 e. The van der Waals surface area contributed by atoms with Crippen molar-refractivity contribution in [1.82, 2.24) is 10.2 Å². The molecule has 0 bridgehead atoms. The summed E-state index contributed by atoms with van der Waals surface area (Å²) in [5, 5.41) is 6.17. The average Bonchev–Trinajstić information content (AvgIpc) is 2.77. The monoisotopic (exact) mass is 381 g/mol. The fourth-order valence-electron chi connectivity index (χ4n) is 3.21. The van der Waals surface area contributed by atoms with Crippen molar-refractivity contribution in [2.24, 2.45) is 0 Å². The van der Waals surface area contributed by atoms with Gasteiger partial charge in [-0.3, -0.25) is 9.59 Å². The largest absolute Gasteiger partial charge is 0.378 e. The summed E-state index contributed by atoms with van der Waals surface area (Å²) in [6, 6.07) is 17.2. The van der Waals surface area contributed by atoms with Crippen molar-refractivity contribution in [1.29, 1.82) is 0 Å². The van der Waals surface area contributed by atoms with Gasteiger partial charge in [-0.15, -0.1) is 0 Å². The summed E-state index contributed by atoms with van der Waals surface area (Å²) >= 11 is 0. The van der Waals surface area contributed by atoms with Crippen molar-refractivity contribution in [3.05, 3.63) is 65.7 Å². The number of benzene rings is 2. The zero-order valence-electron chi connectivity index (χ0n) is 16.2. The number of carbonyl (C=O) groups is 2. The fourth-order valence-corrected chi connectivity index (χ4v) is 3.21. The second-order valence-electron chi connectivity index (χ2n) is 6.77. The Balaban J connectivity index is 1.50. The van der Waals surface area contributed by atoms with Crippen molar-refractivity contribution >= 4 is 17.5 Å². The maximum Gasteiger partial charge on any atom is 0.254 e. The number of anilines is 1. The van der Waals surface area contributed by atoms with Crippen LogP contribution in [0, 0.1) is 0 Å². The number of rotatable bonds is 7. The number of morpholine rings is 1. The molecule has 2 aromatic rings. The van der Waals surface area contributed by atoms with E-state index < -0.39 is 0 Å². The molecule has 1 aliphatic heterocycles. The maximum absolute atomic E-state index is 12.5. The Kier molecular flexibility index (Phi) is 7.03. The zero-order chi connectivity index (χ0) is 19.8. The third kappa shape index (κ3) is 5.33. The summed E-state index contributed by atoms with van der Waals surface area (Å²) in [5.74, 6) is -0.0505. The fraction of sp³-hybridized carbons (Fsp3) is 0.364. The number of ether oxygens (including phenoxy) is 1. The van der Waals surface area contributed by atoms with Gasteiger partial charge in [0.1, 0.15) is 0 Å². The van der Waals surface area contributed by atoms with Gasteiger partial charge < -0.3 is 20.3 Å². The topological polar surface area (TPSA) is 70.7 Å². The maximum atomic E-state index is 12.5. The van der Waals surface area contributed by atoms with E-state index >= 15 is 0 Å². The van der Waals surface area contributed by atoms with Gasteiger partial charge in [0.25, 0.3) is 5.91 Å². The highest BCUT2D eigenvalue weighted by Gasteiger charge is 2.18. The van der Waals surface area contributed by atoms with Gasteiger partial charge in [0.2, 0.25) is 5.91 Å². The van der Waals surface area contributed by atoms with Gasteiger partial charge in [-0.05, 0) is 36.2 Å². The van der Waals surface area contributed by atoms with Gasteiger partial charge in [-0.1, -0.05) is 37.3 Å². The molecule has 1 fully saturated rings. The van der Waals surface area contributed by atoms with Crippen LogP contribution in [0.2, 0.25) is 0 Å². The summed E-state index contributed by atoms with van der Waals surface area (Å²) in [6.07, 6.45) is 0.827. The van der Waals surface area contributed by atoms with Crippen molar-refractivity contribution in [2.45, 2.75) is 19.4 Å². The zero-order valence-corrected chi connectivity index (χ0v) is 16.2. The summed E-state index contributed by atoms with van der Waals surface area (Å²) in [7, 11) is 0. The highest BCUT2D eigenvalue weighted by Crippen LogP contribution is 2.16. The third-order valence-electron chi connectivity index (χ3n) is 4.83. The molecule has 1 saturated heterocycles. The molecule has 0 aliphatic carbocycles. The number of nitrogens with one attached hydrogen (secondary N) is 2. The van der Waals surface area contributed by atoms with Crippen LogP contribution in [0.5, 0.6) is 0 Å². The van der Waals surface area contributed by atoms with Gasteiger partial charge in [0.05, 0.1) is 25.8 Å². The molecule has 0 aromatic heterocycles. The quantitative estimate of drug-likeness (QED) is 0.774. The lowest BCUT2D eigenvalue weighted by Crippen LogP contribution is -2.40. The van der Waals surface area contributed by atoms with Crippen LogP contribution in [0.3, 0.4) is 0 Å². The normalized spacial score (nSPS) is 15.0. The second-order valence-corrected chi connectivity index (χ2v) is 6.77. The molecule has 28 heavy (non-hydrogen) atoms. The van der Waals surface area contributed by atoms with Crippen molar-refractivity contribution in [3.8, 4) is 0 Å². The molecular formula is C22H27N3O3. The van der Waals surface area contributed by atoms with Crippen molar-refractivity contribution < 1.29 is 14.3 Å². The highest BCUT2D eigenvalue weighted by molar-refractivity contribution is 5.94. The van der Waals surface area contributed by atoms with Crippen molar-refractivity contribution in [3.63, 3.8) is 0 Å². The third-order valence-corrected chi connectivity index (χ3v) is 4.83. The summed E-state index contributed by atoms with van der Waals surface area (Å²) in [4.78, 5) is 26.5. The minimum absolute atomic E-state index is 0.00372. The van der Waals surface area contributed by atoms with Gasteiger partial charge >= 0.3 is 0 Å². The van der Waals surface area contributed by atoms with E-state index in [0.717, 1.165) is 17.7 Å². The molecule has 0 spiro atoms. The molecule has 2 N–H and O–H groups in total. The van der Waals surface area contributed by atoms with Crippen LogP contribution in [0.4, 0.5) is 5.69 Å². The van der Waals surface area contributed by atoms with E-state index in [9.17, 15) is 9.59 Å². The molecule has 3 rings (SSSR count). The molecule has 1 heterocycles. The first-order valence-corrected chi connectivity index (χ1v) is 9.72. The SMILES string of the molecule is CCC(NC(=O)CNc1ccc(C(=O)N2CCOCC2)cc1)c1ccccc1. The van der Waals surface area contributed by atoms with Gasteiger partial charge in [0.15, 0.2) is 0 Å². The number of hydrogen-bond donors (Lipinski definition) is 2. The average molecular weight is 381 g/mol.